The predicted octanol–water partition coefficient (Wildman–Crippen LogP) is 4.28. The Hall–Kier alpha value is 1.16. The van der Waals surface area contributed by atoms with Crippen LogP contribution in [0.4, 0.5) is 0 Å². The van der Waals surface area contributed by atoms with Gasteiger partial charge in [-0.1, -0.05) is 0 Å². The molecule has 0 amide bonds. The van der Waals surface area contributed by atoms with E-state index < -0.39 is 0 Å². The van der Waals surface area contributed by atoms with E-state index in [0.717, 1.165) is 38.5 Å². The van der Waals surface area contributed by atoms with Gasteiger partial charge in [-0.3, -0.25) is 0 Å². The number of rotatable bonds is 0. The van der Waals surface area contributed by atoms with Crippen LogP contribution in [-0.4, -0.2) is 19.5 Å². The Labute approximate surface area is 104 Å². The summed E-state index contributed by atoms with van der Waals surface area (Å²) in [5.74, 6) is 0. The van der Waals surface area contributed by atoms with Crippen molar-refractivity contribution in [3.8, 4) is 0 Å². The minimum absolute atomic E-state index is 0.236. The van der Waals surface area contributed by atoms with Gasteiger partial charge in [-0.15, -0.1) is 46.4 Å². The lowest BCUT2D eigenvalue weighted by atomic mass is 9.54. The van der Waals surface area contributed by atoms with Crippen LogP contribution in [0.5, 0.6) is 0 Å². The smallest absolute Gasteiger partial charge is 0.0497 e. The van der Waals surface area contributed by atoms with Gasteiger partial charge in [0.05, 0.1) is 0 Å². The first-order chi connectivity index (χ1) is 6.24. The van der Waals surface area contributed by atoms with Crippen molar-refractivity contribution >= 4 is 46.4 Å². The Morgan fingerprint density at radius 2 is 0.571 bits per heavy atom. The van der Waals surface area contributed by atoms with Gasteiger partial charge in [0.1, 0.15) is 0 Å². The average Bonchev–Trinajstić information content (AvgIpc) is 1.67. The average molecular weight is 274 g/mol. The summed E-state index contributed by atoms with van der Waals surface area (Å²) in [5, 5.41) is 0. The van der Waals surface area contributed by atoms with E-state index in [2.05, 4.69) is 0 Å². The zero-order chi connectivity index (χ0) is 10.2. The molecule has 14 heavy (non-hydrogen) atoms. The molecule has 0 saturated heterocycles. The number of hydrogen-bond donors (Lipinski definition) is 0. The van der Waals surface area contributed by atoms with E-state index >= 15 is 0 Å². The van der Waals surface area contributed by atoms with E-state index in [9.17, 15) is 0 Å². The highest BCUT2D eigenvalue weighted by atomic mass is 35.5. The monoisotopic (exact) mass is 272 g/mol. The van der Waals surface area contributed by atoms with E-state index in [0.29, 0.717) is 0 Å². The van der Waals surface area contributed by atoms with Crippen LogP contribution >= 0.6 is 46.4 Å². The molecule has 0 nitrogen and oxygen atoms in total. The maximum Gasteiger partial charge on any atom is 0.0497 e. The van der Waals surface area contributed by atoms with Gasteiger partial charge in [-0.2, -0.15) is 0 Å². The van der Waals surface area contributed by atoms with Crippen LogP contribution in [0.25, 0.3) is 0 Å². The molecule has 0 atom stereocenters. The molecule has 0 aromatic carbocycles. The molecule has 4 saturated carbocycles. The van der Waals surface area contributed by atoms with E-state index in [1.165, 1.54) is 0 Å². The largest absolute Gasteiger partial charge is 0.119 e. The molecule has 0 radical (unpaired) electrons. The first kappa shape index (κ1) is 10.3. The summed E-state index contributed by atoms with van der Waals surface area (Å²) in [7, 11) is 0. The van der Waals surface area contributed by atoms with Gasteiger partial charge >= 0.3 is 0 Å². The first-order valence-corrected chi connectivity index (χ1v) is 6.51. The number of alkyl halides is 4. The van der Waals surface area contributed by atoms with Crippen molar-refractivity contribution in [3.05, 3.63) is 0 Å². The van der Waals surface area contributed by atoms with E-state index in [1.54, 1.807) is 0 Å². The van der Waals surface area contributed by atoms with Gasteiger partial charge in [0.25, 0.3) is 0 Å². The van der Waals surface area contributed by atoms with Gasteiger partial charge in [-0.25, -0.2) is 0 Å². The van der Waals surface area contributed by atoms with Gasteiger partial charge in [-0.05, 0) is 38.5 Å². The molecule has 0 N–H and O–H groups in total. The maximum atomic E-state index is 6.55. The number of halogens is 4. The summed E-state index contributed by atoms with van der Waals surface area (Å²) in [4.78, 5) is -0.944. The Morgan fingerprint density at radius 1 is 0.429 bits per heavy atom. The molecule has 0 unspecified atom stereocenters. The van der Waals surface area contributed by atoms with Crippen LogP contribution in [0.3, 0.4) is 0 Å². The highest BCUT2D eigenvalue weighted by molar-refractivity contribution is 6.35. The minimum Gasteiger partial charge on any atom is -0.119 e. The van der Waals surface area contributed by atoms with Crippen molar-refractivity contribution < 1.29 is 0 Å². The second kappa shape index (κ2) is 2.53. The van der Waals surface area contributed by atoms with E-state index in [1.807, 2.05) is 0 Å². The van der Waals surface area contributed by atoms with Crippen molar-refractivity contribution in [1.29, 1.82) is 0 Å². The normalized spacial score (nSPS) is 66.0. The van der Waals surface area contributed by atoms with Crippen molar-refractivity contribution in [2.75, 3.05) is 0 Å². The Bertz CT molecular complexity index is 205. The molecule has 4 bridgehead atoms. The molecule has 0 aromatic heterocycles. The zero-order valence-corrected chi connectivity index (χ0v) is 10.8. The Balaban J connectivity index is 2.08. The quantitative estimate of drug-likeness (QED) is 0.578. The van der Waals surface area contributed by atoms with Crippen molar-refractivity contribution in [3.63, 3.8) is 0 Å². The topological polar surface area (TPSA) is 0 Å². The Morgan fingerprint density at radius 3 is 0.714 bits per heavy atom. The third kappa shape index (κ3) is 1.41. The molecule has 0 aromatic rings. The lowest BCUT2D eigenvalue weighted by molar-refractivity contribution is 0.0826. The second-order valence-corrected chi connectivity index (χ2v) is 8.87. The van der Waals surface area contributed by atoms with Crippen LogP contribution in [0.15, 0.2) is 0 Å². The predicted molar refractivity (Wildman–Crippen MR) is 62.0 cm³/mol. The van der Waals surface area contributed by atoms with Crippen molar-refractivity contribution in [2.24, 2.45) is 0 Å². The van der Waals surface area contributed by atoms with E-state index in [4.69, 9.17) is 46.4 Å². The molecule has 0 heterocycles. The van der Waals surface area contributed by atoms with E-state index in [-0.39, 0.29) is 19.5 Å². The molecule has 4 rings (SSSR count). The second-order valence-electron chi connectivity index (χ2n) is 5.66. The maximum absolute atomic E-state index is 6.55. The number of hydrogen-bond acceptors (Lipinski definition) is 0. The van der Waals surface area contributed by atoms with Crippen molar-refractivity contribution in [2.45, 2.75) is 58.0 Å². The minimum atomic E-state index is -0.236. The summed E-state index contributed by atoms with van der Waals surface area (Å²) in [6.45, 7) is 0. The lowest BCUT2D eigenvalue weighted by Gasteiger charge is -2.63. The molecule has 0 aliphatic heterocycles. The van der Waals surface area contributed by atoms with Crippen molar-refractivity contribution in [1.82, 2.24) is 0 Å². The molecular weight excluding hydrogens is 262 g/mol. The molecule has 4 aliphatic carbocycles. The highest BCUT2D eigenvalue weighted by Gasteiger charge is 2.67. The summed E-state index contributed by atoms with van der Waals surface area (Å²) in [6.07, 6.45) is 5.20. The molecule has 4 heteroatoms. The standard InChI is InChI=1S/C10H12Cl4/c11-7-1-8(12)4-9(13,2-7)6-10(14,3-7)5-8/h1-6H2. The highest BCUT2D eigenvalue weighted by Crippen LogP contribution is 2.68. The zero-order valence-electron chi connectivity index (χ0n) is 7.75. The van der Waals surface area contributed by atoms with Crippen LogP contribution in [0.2, 0.25) is 0 Å². The Kier molecular flexibility index (Phi) is 1.86. The van der Waals surface area contributed by atoms with Gasteiger partial charge in [0.2, 0.25) is 0 Å². The fourth-order valence-corrected chi connectivity index (χ4v) is 7.64. The van der Waals surface area contributed by atoms with Crippen LogP contribution in [0.1, 0.15) is 38.5 Å². The third-order valence-electron chi connectivity index (χ3n) is 3.80. The molecule has 0 spiro atoms. The fraction of sp³-hybridized carbons (Fsp3) is 1.00. The van der Waals surface area contributed by atoms with Gasteiger partial charge in [0.15, 0.2) is 0 Å². The SMILES string of the molecule is ClC12CC3(Cl)CC(Cl)(C1)CC(Cl)(C2)C3. The molecular formula is C10H12Cl4. The fourth-order valence-electron chi connectivity index (χ4n) is 4.16. The summed E-state index contributed by atoms with van der Waals surface area (Å²) < 4.78 is 0. The summed E-state index contributed by atoms with van der Waals surface area (Å²) in [6, 6.07) is 0. The van der Waals surface area contributed by atoms with Crippen LogP contribution in [0, 0.1) is 0 Å². The summed E-state index contributed by atoms with van der Waals surface area (Å²) in [5.41, 5.74) is 0. The van der Waals surface area contributed by atoms with Gasteiger partial charge < -0.3 is 0 Å². The molecule has 80 valence electrons. The van der Waals surface area contributed by atoms with Gasteiger partial charge in [0, 0.05) is 19.5 Å². The first-order valence-electron chi connectivity index (χ1n) is 5.00. The lowest BCUT2D eigenvalue weighted by Crippen LogP contribution is -2.65. The van der Waals surface area contributed by atoms with Crippen LogP contribution < -0.4 is 0 Å². The third-order valence-corrected chi connectivity index (χ3v) is 5.41. The molecule has 4 fully saturated rings. The summed E-state index contributed by atoms with van der Waals surface area (Å²) >= 11 is 26.2. The van der Waals surface area contributed by atoms with Crippen LogP contribution in [-0.2, 0) is 0 Å². The molecule has 4 aliphatic rings.